The molecule has 3 unspecified atom stereocenters. The maximum atomic E-state index is 11.3. The molecule has 0 saturated heterocycles. The zero-order chi connectivity index (χ0) is 14.8. The van der Waals surface area contributed by atoms with Crippen LogP contribution in [0.5, 0.6) is 11.5 Å². The van der Waals surface area contributed by atoms with Crippen molar-refractivity contribution in [3.63, 3.8) is 0 Å². The number of hydrogen-bond donors (Lipinski definition) is 3. The van der Waals surface area contributed by atoms with Crippen LogP contribution in [-0.2, 0) is 4.79 Å². The van der Waals surface area contributed by atoms with Gasteiger partial charge in [0.25, 0.3) is 0 Å². The SMILES string of the molecule is O=C(O)C1CCCCC1CNC1COc2cc(O)ccc21. The van der Waals surface area contributed by atoms with Crippen molar-refractivity contribution in [1.29, 1.82) is 0 Å². The number of fused-ring (bicyclic) bond motifs is 1. The predicted molar refractivity (Wildman–Crippen MR) is 77.4 cm³/mol. The molecular weight excluding hydrogens is 270 g/mol. The van der Waals surface area contributed by atoms with Gasteiger partial charge in [-0.3, -0.25) is 4.79 Å². The number of benzene rings is 1. The summed E-state index contributed by atoms with van der Waals surface area (Å²) in [5.74, 6) is 0.207. The van der Waals surface area contributed by atoms with Gasteiger partial charge in [-0.1, -0.05) is 12.8 Å². The molecule has 0 spiro atoms. The number of phenols is 1. The summed E-state index contributed by atoms with van der Waals surface area (Å²) in [6, 6.07) is 5.22. The first kappa shape index (κ1) is 14.2. The molecule has 0 aromatic heterocycles. The molecule has 114 valence electrons. The van der Waals surface area contributed by atoms with Crippen LogP contribution in [0.25, 0.3) is 0 Å². The largest absolute Gasteiger partial charge is 0.508 e. The lowest BCUT2D eigenvalue weighted by atomic mass is 9.79. The number of rotatable bonds is 4. The average Bonchev–Trinajstić information content (AvgIpc) is 2.87. The summed E-state index contributed by atoms with van der Waals surface area (Å²) in [6.45, 7) is 1.23. The van der Waals surface area contributed by atoms with E-state index in [4.69, 9.17) is 4.74 Å². The van der Waals surface area contributed by atoms with Crippen molar-refractivity contribution in [2.24, 2.45) is 11.8 Å². The van der Waals surface area contributed by atoms with E-state index >= 15 is 0 Å². The van der Waals surface area contributed by atoms with Gasteiger partial charge in [-0.2, -0.15) is 0 Å². The minimum absolute atomic E-state index is 0.0805. The maximum Gasteiger partial charge on any atom is 0.306 e. The highest BCUT2D eigenvalue weighted by Crippen LogP contribution is 2.36. The van der Waals surface area contributed by atoms with Gasteiger partial charge in [0, 0.05) is 11.6 Å². The normalized spacial score (nSPS) is 27.9. The van der Waals surface area contributed by atoms with Crippen LogP contribution < -0.4 is 10.1 Å². The lowest BCUT2D eigenvalue weighted by Crippen LogP contribution is -2.36. The molecule has 0 amide bonds. The Morgan fingerprint density at radius 1 is 1.33 bits per heavy atom. The van der Waals surface area contributed by atoms with Crippen molar-refractivity contribution in [2.45, 2.75) is 31.7 Å². The van der Waals surface area contributed by atoms with Crippen molar-refractivity contribution in [3.05, 3.63) is 23.8 Å². The van der Waals surface area contributed by atoms with Crippen LogP contribution in [-0.4, -0.2) is 29.3 Å². The molecule has 1 aromatic carbocycles. The van der Waals surface area contributed by atoms with Crippen molar-refractivity contribution in [3.8, 4) is 11.5 Å². The zero-order valence-electron chi connectivity index (χ0n) is 11.9. The number of phenolic OH excluding ortho intramolecular Hbond substituents is 1. The second-order valence-electron chi connectivity index (χ2n) is 5.98. The highest BCUT2D eigenvalue weighted by atomic mass is 16.5. The zero-order valence-corrected chi connectivity index (χ0v) is 11.9. The Kier molecular flexibility index (Phi) is 4.01. The molecule has 1 fully saturated rings. The molecule has 1 aromatic rings. The third-order valence-electron chi connectivity index (χ3n) is 4.63. The van der Waals surface area contributed by atoms with E-state index in [-0.39, 0.29) is 23.6 Å². The Morgan fingerprint density at radius 3 is 2.95 bits per heavy atom. The number of hydrogen-bond acceptors (Lipinski definition) is 4. The van der Waals surface area contributed by atoms with Crippen LogP contribution in [0.1, 0.15) is 37.3 Å². The fourth-order valence-corrected chi connectivity index (χ4v) is 3.44. The van der Waals surface area contributed by atoms with E-state index in [1.54, 1.807) is 12.1 Å². The minimum atomic E-state index is -0.672. The van der Waals surface area contributed by atoms with Crippen molar-refractivity contribution >= 4 is 5.97 Å². The molecule has 0 radical (unpaired) electrons. The summed E-state index contributed by atoms with van der Waals surface area (Å²) in [6.07, 6.45) is 3.89. The van der Waals surface area contributed by atoms with Gasteiger partial charge < -0.3 is 20.3 Å². The molecule has 1 aliphatic carbocycles. The first-order valence-electron chi connectivity index (χ1n) is 7.57. The molecular formula is C16H21NO4. The van der Waals surface area contributed by atoms with E-state index in [1.165, 1.54) is 0 Å². The summed E-state index contributed by atoms with van der Waals surface area (Å²) in [5.41, 5.74) is 1.04. The molecule has 1 saturated carbocycles. The van der Waals surface area contributed by atoms with Gasteiger partial charge in [0.1, 0.15) is 18.1 Å². The summed E-state index contributed by atoms with van der Waals surface area (Å²) in [7, 11) is 0. The molecule has 1 heterocycles. The molecule has 3 atom stereocenters. The van der Waals surface area contributed by atoms with Gasteiger partial charge in [0.2, 0.25) is 0 Å². The Hall–Kier alpha value is -1.75. The Morgan fingerprint density at radius 2 is 2.14 bits per heavy atom. The number of ether oxygens (including phenoxy) is 1. The van der Waals surface area contributed by atoms with Gasteiger partial charge >= 0.3 is 5.97 Å². The predicted octanol–water partition coefficient (Wildman–Crippen LogP) is 2.31. The lowest BCUT2D eigenvalue weighted by molar-refractivity contribution is -0.144. The minimum Gasteiger partial charge on any atom is -0.508 e. The van der Waals surface area contributed by atoms with E-state index in [0.29, 0.717) is 18.9 Å². The van der Waals surface area contributed by atoms with Gasteiger partial charge in [-0.05, 0) is 37.4 Å². The van der Waals surface area contributed by atoms with Crippen LogP contribution >= 0.6 is 0 Å². The lowest BCUT2D eigenvalue weighted by Gasteiger charge is -2.29. The standard InChI is InChI=1S/C16H21NO4/c18-11-5-6-13-14(9-21-15(13)7-11)17-8-10-3-1-2-4-12(10)16(19)20/h5-7,10,12,14,17-18H,1-4,8-9H2,(H,19,20). The fourth-order valence-electron chi connectivity index (χ4n) is 3.44. The van der Waals surface area contributed by atoms with E-state index in [9.17, 15) is 15.0 Å². The molecule has 21 heavy (non-hydrogen) atoms. The van der Waals surface area contributed by atoms with E-state index in [0.717, 1.165) is 31.2 Å². The number of aromatic hydroxyl groups is 1. The van der Waals surface area contributed by atoms with Crippen molar-refractivity contribution in [2.75, 3.05) is 13.2 Å². The van der Waals surface area contributed by atoms with Gasteiger partial charge in [-0.15, -0.1) is 0 Å². The second-order valence-corrected chi connectivity index (χ2v) is 5.98. The molecule has 2 aliphatic rings. The van der Waals surface area contributed by atoms with Gasteiger partial charge in [0.15, 0.2) is 0 Å². The van der Waals surface area contributed by atoms with Crippen LogP contribution in [0, 0.1) is 11.8 Å². The first-order valence-corrected chi connectivity index (χ1v) is 7.57. The number of carboxylic acid groups (broad SMARTS) is 1. The third-order valence-corrected chi connectivity index (χ3v) is 4.63. The number of aliphatic carboxylic acids is 1. The van der Waals surface area contributed by atoms with E-state index < -0.39 is 5.97 Å². The quantitative estimate of drug-likeness (QED) is 0.793. The van der Waals surface area contributed by atoms with Gasteiger partial charge in [-0.25, -0.2) is 0 Å². The smallest absolute Gasteiger partial charge is 0.306 e. The maximum absolute atomic E-state index is 11.3. The van der Waals surface area contributed by atoms with Crippen LogP contribution in [0.2, 0.25) is 0 Å². The Bertz CT molecular complexity index is 531. The molecule has 3 N–H and O–H groups in total. The fraction of sp³-hybridized carbons (Fsp3) is 0.562. The third kappa shape index (κ3) is 2.97. The molecule has 0 bridgehead atoms. The highest BCUT2D eigenvalue weighted by Gasteiger charge is 2.32. The second kappa shape index (κ2) is 5.93. The monoisotopic (exact) mass is 291 g/mol. The highest BCUT2D eigenvalue weighted by molar-refractivity contribution is 5.70. The van der Waals surface area contributed by atoms with Crippen LogP contribution in [0.4, 0.5) is 0 Å². The van der Waals surface area contributed by atoms with Crippen LogP contribution in [0.15, 0.2) is 18.2 Å². The summed E-state index contributed by atoms with van der Waals surface area (Å²) in [5, 5.41) is 22.2. The summed E-state index contributed by atoms with van der Waals surface area (Å²) >= 11 is 0. The number of carbonyl (C=O) groups is 1. The Labute approximate surface area is 123 Å². The Balaban J connectivity index is 1.62. The van der Waals surface area contributed by atoms with E-state index in [1.807, 2.05) is 6.07 Å². The first-order chi connectivity index (χ1) is 10.1. The van der Waals surface area contributed by atoms with Gasteiger partial charge in [0.05, 0.1) is 12.0 Å². The molecule has 5 heteroatoms. The van der Waals surface area contributed by atoms with E-state index in [2.05, 4.69) is 5.32 Å². The number of carboxylic acids is 1. The number of nitrogens with one attached hydrogen (secondary N) is 1. The topological polar surface area (TPSA) is 78.8 Å². The van der Waals surface area contributed by atoms with Crippen molar-refractivity contribution in [1.82, 2.24) is 5.32 Å². The summed E-state index contributed by atoms with van der Waals surface area (Å²) in [4.78, 5) is 11.3. The van der Waals surface area contributed by atoms with Crippen LogP contribution in [0.3, 0.4) is 0 Å². The molecule has 1 aliphatic heterocycles. The molecule has 3 rings (SSSR count). The summed E-state index contributed by atoms with van der Waals surface area (Å²) < 4.78 is 5.57. The average molecular weight is 291 g/mol. The molecule has 5 nitrogen and oxygen atoms in total. The van der Waals surface area contributed by atoms with Crippen molar-refractivity contribution < 1.29 is 19.7 Å².